The summed E-state index contributed by atoms with van der Waals surface area (Å²) >= 11 is 0. The molecule has 14 heavy (non-hydrogen) atoms. The molecule has 0 aromatic heterocycles. The van der Waals surface area contributed by atoms with Crippen LogP contribution < -0.4 is 0 Å². The van der Waals surface area contributed by atoms with Crippen molar-refractivity contribution in [2.45, 2.75) is 31.9 Å². The van der Waals surface area contributed by atoms with Crippen molar-refractivity contribution >= 4 is 12.8 Å². The zero-order valence-electron chi connectivity index (χ0n) is 8.96. The lowest BCUT2D eigenvalue weighted by atomic mass is 9.91. The van der Waals surface area contributed by atoms with Crippen molar-refractivity contribution in [2.75, 3.05) is 7.11 Å². The van der Waals surface area contributed by atoms with Gasteiger partial charge in [-0.3, -0.25) is 0 Å². The first-order valence-electron chi connectivity index (χ1n) is 4.44. The van der Waals surface area contributed by atoms with E-state index in [0.29, 0.717) is 6.42 Å². The number of hydrogen-bond acceptors (Lipinski definition) is 2. The third-order valence-corrected chi connectivity index (χ3v) is 2.41. The SMILES string of the molecule is C=CC(CC)(N=C(F)N=C)[C@@H](C)OC. The molecule has 0 heterocycles. The molecule has 0 saturated heterocycles. The summed E-state index contributed by atoms with van der Waals surface area (Å²) in [5, 5.41) is 0. The van der Waals surface area contributed by atoms with E-state index in [9.17, 15) is 4.39 Å². The smallest absolute Gasteiger partial charge is 0.304 e. The molecule has 0 radical (unpaired) electrons. The van der Waals surface area contributed by atoms with Crippen LogP contribution in [0, 0.1) is 0 Å². The van der Waals surface area contributed by atoms with Crippen molar-refractivity contribution in [2.24, 2.45) is 9.98 Å². The normalized spacial score (nSPS) is 18.4. The fourth-order valence-electron chi connectivity index (χ4n) is 1.22. The van der Waals surface area contributed by atoms with Crippen molar-refractivity contribution in [1.29, 1.82) is 0 Å². The first-order chi connectivity index (χ1) is 6.56. The largest absolute Gasteiger partial charge is 0.379 e. The second-order valence-electron chi connectivity index (χ2n) is 2.97. The summed E-state index contributed by atoms with van der Waals surface area (Å²) in [7, 11) is 1.55. The molecule has 0 aromatic rings. The van der Waals surface area contributed by atoms with Crippen molar-refractivity contribution in [3.05, 3.63) is 12.7 Å². The fraction of sp³-hybridized carbons (Fsp3) is 0.600. The lowest BCUT2D eigenvalue weighted by Crippen LogP contribution is -2.37. The molecule has 2 atom stereocenters. The van der Waals surface area contributed by atoms with Gasteiger partial charge in [0.2, 0.25) is 0 Å². The van der Waals surface area contributed by atoms with Crippen molar-refractivity contribution in [3.8, 4) is 0 Å². The van der Waals surface area contributed by atoms with Crippen LogP contribution in [-0.2, 0) is 4.74 Å². The number of rotatable bonds is 5. The maximum atomic E-state index is 12.9. The summed E-state index contributed by atoms with van der Waals surface area (Å²) in [6.07, 6.45) is 1.08. The Morgan fingerprint density at radius 3 is 2.57 bits per heavy atom. The van der Waals surface area contributed by atoms with Gasteiger partial charge in [0.05, 0.1) is 6.10 Å². The Morgan fingerprint density at radius 1 is 1.71 bits per heavy atom. The van der Waals surface area contributed by atoms with Gasteiger partial charge in [-0.05, 0) is 20.1 Å². The van der Waals surface area contributed by atoms with Gasteiger partial charge in [0.1, 0.15) is 5.54 Å². The van der Waals surface area contributed by atoms with Crippen molar-refractivity contribution in [3.63, 3.8) is 0 Å². The predicted octanol–water partition coefficient (Wildman–Crippen LogP) is 2.38. The number of amidine groups is 1. The zero-order chi connectivity index (χ0) is 11.2. The average molecular weight is 200 g/mol. The molecule has 0 bridgehead atoms. The summed E-state index contributed by atoms with van der Waals surface area (Å²) in [5.74, 6) is 0. The molecule has 0 aliphatic carbocycles. The van der Waals surface area contributed by atoms with Crippen LogP contribution in [0.15, 0.2) is 22.6 Å². The molecule has 1 unspecified atom stereocenters. The van der Waals surface area contributed by atoms with E-state index in [1.54, 1.807) is 13.2 Å². The summed E-state index contributed by atoms with van der Waals surface area (Å²) in [6, 6.07) is 0. The van der Waals surface area contributed by atoms with E-state index in [1.807, 2.05) is 13.8 Å². The minimum absolute atomic E-state index is 0.252. The minimum atomic E-state index is -0.837. The molecule has 0 saturated carbocycles. The van der Waals surface area contributed by atoms with Crippen LogP contribution in [0.3, 0.4) is 0 Å². The lowest BCUT2D eigenvalue weighted by Gasteiger charge is -2.30. The summed E-state index contributed by atoms with van der Waals surface area (Å²) in [4.78, 5) is 6.93. The van der Waals surface area contributed by atoms with Crippen LogP contribution >= 0.6 is 0 Å². The Hall–Kier alpha value is -1.03. The van der Waals surface area contributed by atoms with Crippen LogP contribution in [-0.4, -0.2) is 31.6 Å². The molecule has 0 fully saturated rings. The van der Waals surface area contributed by atoms with Gasteiger partial charge in [-0.25, -0.2) is 9.98 Å². The third kappa shape index (κ3) is 2.73. The Balaban J connectivity index is 5.06. The van der Waals surface area contributed by atoms with E-state index < -0.39 is 11.6 Å². The monoisotopic (exact) mass is 200 g/mol. The molecule has 0 aromatic carbocycles. The van der Waals surface area contributed by atoms with Crippen molar-refractivity contribution < 1.29 is 9.13 Å². The predicted molar refractivity (Wildman–Crippen MR) is 57.8 cm³/mol. The molecule has 0 spiro atoms. The zero-order valence-corrected chi connectivity index (χ0v) is 8.96. The molecular formula is C10H17FN2O. The van der Waals surface area contributed by atoms with Crippen LogP contribution in [0.25, 0.3) is 0 Å². The molecule has 4 heteroatoms. The molecule has 0 rings (SSSR count). The number of aliphatic imine (C=N–C) groups is 2. The minimum Gasteiger partial charge on any atom is -0.379 e. The van der Waals surface area contributed by atoms with Crippen LogP contribution in [0.4, 0.5) is 4.39 Å². The van der Waals surface area contributed by atoms with E-state index >= 15 is 0 Å². The van der Waals surface area contributed by atoms with Gasteiger partial charge in [0, 0.05) is 7.11 Å². The molecule has 0 N–H and O–H groups in total. The number of methoxy groups -OCH3 is 1. The maximum Gasteiger partial charge on any atom is 0.304 e. The summed E-state index contributed by atoms with van der Waals surface area (Å²) < 4.78 is 18.1. The highest BCUT2D eigenvalue weighted by atomic mass is 19.1. The Kier molecular flexibility index (Phi) is 5.23. The number of nitrogens with zero attached hydrogens (tertiary/aromatic N) is 2. The van der Waals surface area contributed by atoms with Crippen LogP contribution in [0.2, 0.25) is 0 Å². The number of ether oxygens (including phenoxy) is 1. The van der Waals surface area contributed by atoms with Gasteiger partial charge in [0.15, 0.2) is 0 Å². The first kappa shape index (κ1) is 13.0. The number of halogens is 1. The van der Waals surface area contributed by atoms with Gasteiger partial charge in [0.25, 0.3) is 0 Å². The van der Waals surface area contributed by atoms with E-state index in [2.05, 4.69) is 23.3 Å². The average Bonchev–Trinajstić information content (AvgIpc) is 2.24. The van der Waals surface area contributed by atoms with Gasteiger partial charge < -0.3 is 4.74 Å². The maximum absolute atomic E-state index is 12.9. The summed E-state index contributed by atoms with van der Waals surface area (Å²) in [6.45, 7) is 10.4. The van der Waals surface area contributed by atoms with Gasteiger partial charge in [-0.1, -0.05) is 13.0 Å². The molecule has 0 amide bonds. The van der Waals surface area contributed by atoms with Gasteiger partial charge in [-0.2, -0.15) is 4.39 Å². The molecular weight excluding hydrogens is 183 g/mol. The fourth-order valence-corrected chi connectivity index (χ4v) is 1.22. The highest BCUT2D eigenvalue weighted by molar-refractivity contribution is 5.77. The van der Waals surface area contributed by atoms with E-state index in [1.165, 1.54) is 0 Å². The second-order valence-corrected chi connectivity index (χ2v) is 2.97. The molecule has 3 nitrogen and oxygen atoms in total. The van der Waals surface area contributed by atoms with Crippen LogP contribution in [0.1, 0.15) is 20.3 Å². The Bertz CT molecular complexity index is 240. The first-order valence-corrected chi connectivity index (χ1v) is 4.44. The van der Waals surface area contributed by atoms with Crippen molar-refractivity contribution in [1.82, 2.24) is 0 Å². The molecule has 0 aliphatic rings. The highest BCUT2D eigenvalue weighted by Gasteiger charge is 2.31. The lowest BCUT2D eigenvalue weighted by molar-refractivity contribution is 0.0676. The van der Waals surface area contributed by atoms with Gasteiger partial charge in [-0.15, -0.1) is 6.58 Å². The van der Waals surface area contributed by atoms with E-state index in [4.69, 9.17) is 4.74 Å². The Labute approximate surface area is 84.4 Å². The highest BCUT2D eigenvalue weighted by Crippen LogP contribution is 2.24. The number of hydrogen-bond donors (Lipinski definition) is 0. The topological polar surface area (TPSA) is 34.0 Å². The standard InChI is InChI=1S/C10H17FN2O/c1-6-10(7-2,8(3)14-5)13-9(11)12-4/h6,8H,1,4,7H2,2-3,5H3/t8-,10?/m1/s1. The molecule has 0 aliphatic heterocycles. The van der Waals surface area contributed by atoms with E-state index in [0.717, 1.165) is 0 Å². The quantitative estimate of drug-likeness (QED) is 0.290. The molecule has 80 valence electrons. The van der Waals surface area contributed by atoms with E-state index in [-0.39, 0.29) is 6.10 Å². The van der Waals surface area contributed by atoms with Gasteiger partial charge >= 0.3 is 6.09 Å². The Morgan fingerprint density at radius 2 is 2.29 bits per heavy atom. The summed E-state index contributed by atoms with van der Waals surface area (Å²) in [5.41, 5.74) is -0.764. The second kappa shape index (κ2) is 5.65. The third-order valence-electron chi connectivity index (χ3n) is 2.41. The van der Waals surface area contributed by atoms with Crippen LogP contribution in [0.5, 0.6) is 0 Å².